The van der Waals surface area contributed by atoms with Crippen LogP contribution in [0, 0.1) is 11.7 Å². The molecule has 2 aromatic carbocycles. The van der Waals surface area contributed by atoms with Crippen LogP contribution in [0.15, 0.2) is 42.5 Å². The van der Waals surface area contributed by atoms with E-state index in [1.807, 2.05) is 35.2 Å². The number of benzene rings is 2. The number of rotatable bonds is 6. The first kappa shape index (κ1) is 35.1. The summed E-state index contributed by atoms with van der Waals surface area (Å²) in [7, 11) is 0. The highest BCUT2D eigenvalue weighted by Gasteiger charge is 2.52. The van der Waals surface area contributed by atoms with E-state index in [2.05, 4.69) is 10.6 Å². The highest BCUT2D eigenvalue weighted by atomic mass is 19.1. The van der Waals surface area contributed by atoms with Gasteiger partial charge in [0.05, 0.1) is 17.3 Å². The first-order valence-electron chi connectivity index (χ1n) is 16.7. The molecule has 12 heteroatoms. The van der Waals surface area contributed by atoms with Crippen LogP contribution in [0.1, 0.15) is 78.9 Å². The molecule has 1 unspecified atom stereocenters. The molecule has 2 N–H and O–H groups in total. The molecule has 2 aromatic rings. The Morgan fingerprint density at radius 2 is 1.67 bits per heavy atom. The van der Waals surface area contributed by atoms with Gasteiger partial charge in [-0.2, -0.15) is 0 Å². The van der Waals surface area contributed by atoms with E-state index in [1.54, 1.807) is 55.4 Å². The number of ether oxygens (including phenoxy) is 2. The number of carbonyl (C=O) groups is 4. The Balaban J connectivity index is 1.41. The van der Waals surface area contributed by atoms with Gasteiger partial charge < -0.3 is 25.0 Å². The molecule has 2 fully saturated rings. The summed E-state index contributed by atoms with van der Waals surface area (Å²) in [5.74, 6) is -1.53. The topological polar surface area (TPSA) is 121 Å². The molecule has 0 spiro atoms. The van der Waals surface area contributed by atoms with Gasteiger partial charge in [0, 0.05) is 50.2 Å². The first-order chi connectivity index (χ1) is 22.4. The van der Waals surface area contributed by atoms with Crippen LogP contribution >= 0.6 is 0 Å². The number of fused-ring (bicyclic) bond motifs is 1. The van der Waals surface area contributed by atoms with E-state index in [0.717, 1.165) is 5.56 Å². The van der Waals surface area contributed by atoms with Crippen LogP contribution in [0.4, 0.5) is 25.4 Å². The lowest BCUT2D eigenvalue weighted by molar-refractivity contribution is -0.132. The third-order valence-corrected chi connectivity index (χ3v) is 9.21. The number of amides is 4. The molecule has 0 aliphatic carbocycles. The van der Waals surface area contributed by atoms with E-state index in [1.165, 1.54) is 21.9 Å². The smallest absolute Gasteiger partial charge is 0.414 e. The summed E-state index contributed by atoms with van der Waals surface area (Å²) in [6.07, 6.45) is -0.465. The molecule has 11 nitrogen and oxygen atoms in total. The molecule has 0 bridgehead atoms. The molecule has 3 atom stereocenters. The maximum atomic E-state index is 15.4. The van der Waals surface area contributed by atoms with Crippen LogP contribution < -0.4 is 15.5 Å². The maximum absolute atomic E-state index is 15.4. The highest BCUT2D eigenvalue weighted by Crippen LogP contribution is 2.47. The van der Waals surface area contributed by atoms with Gasteiger partial charge in [-0.05, 0) is 79.5 Å². The lowest BCUT2D eigenvalue weighted by Gasteiger charge is -2.46. The van der Waals surface area contributed by atoms with E-state index in [0.29, 0.717) is 30.8 Å². The number of likely N-dealkylation sites (tertiary alicyclic amines) is 2. The van der Waals surface area contributed by atoms with Crippen molar-refractivity contribution in [3.05, 3.63) is 59.4 Å². The van der Waals surface area contributed by atoms with Gasteiger partial charge in [0.25, 0.3) is 0 Å². The molecular formula is C36H48FN5O6. The fraction of sp³-hybridized carbons (Fsp3) is 0.556. The molecule has 48 heavy (non-hydrogen) atoms. The minimum atomic E-state index is -1.28. The molecular weight excluding hydrogens is 617 g/mol. The van der Waals surface area contributed by atoms with Crippen molar-refractivity contribution in [2.75, 3.05) is 42.9 Å². The van der Waals surface area contributed by atoms with Crippen LogP contribution in [0.3, 0.4) is 0 Å². The largest absolute Gasteiger partial charge is 0.444 e. The Kier molecular flexibility index (Phi) is 9.53. The number of halogens is 1. The molecule has 5 rings (SSSR count). The van der Waals surface area contributed by atoms with E-state index in [-0.39, 0.29) is 55.0 Å². The van der Waals surface area contributed by atoms with Gasteiger partial charge in [0.2, 0.25) is 11.8 Å². The minimum absolute atomic E-state index is 0.0354. The quantitative estimate of drug-likeness (QED) is 0.413. The monoisotopic (exact) mass is 665 g/mol. The SMILES string of the molecule is CCN(C(=O)OC(C)(C)C)c1cc(F)cc2c1NC(=O)C2(C)N1CC[C@H](c2ccccc2)[C@@H](NC(=O)C2CN(C(=O)OC(C)(C)C)C2)C1. The first-order valence-corrected chi connectivity index (χ1v) is 16.7. The van der Waals surface area contributed by atoms with Crippen molar-refractivity contribution in [3.8, 4) is 0 Å². The van der Waals surface area contributed by atoms with Gasteiger partial charge >= 0.3 is 12.2 Å². The van der Waals surface area contributed by atoms with Crippen LogP contribution in [0.25, 0.3) is 0 Å². The molecule has 0 saturated carbocycles. The molecule has 0 radical (unpaired) electrons. The van der Waals surface area contributed by atoms with Crippen LogP contribution in [-0.4, -0.2) is 83.8 Å². The minimum Gasteiger partial charge on any atom is -0.444 e. The van der Waals surface area contributed by atoms with Gasteiger partial charge in [0.1, 0.15) is 22.6 Å². The molecule has 3 heterocycles. The zero-order chi connectivity index (χ0) is 35.2. The van der Waals surface area contributed by atoms with Gasteiger partial charge in [-0.1, -0.05) is 30.3 Å². The predicted molar refractivity (Wildman–Crippen MR) is 180 cm³/mol. The maximum Gasteiger partial charge on any atom is 0.414 e. The summed E-state index contributed by atoms with van der Waals surface area (Å²) in [6, 6.07) is 12.1. The molecule has 4 amide bonds. The van der Waals surface area contributed by atoms with Crippen molar-refractivity contribution in [1.82, 2.24) is 15.1 Å². The Morgan fingerprint density at radius 1 is 1.02 bits per heavy atom. The number of hydrogen-bond acceptors (Lipinski definition) is 7. The lowest BCUT2D eigenvalue weighted by atomic mass is 9.81. The predicted octanol–water partition coefficient (Wildman–Crippen LogP) is 5.60. The number of nitrogens with one attached hydrogen (secondary N) is 2. The zero-order valence-electron chi connectivity index (χ0n) is 29.2. The third-order valence-electron chi connectivity index (χ3n) is 9.21. The number of hydrogen-bond donors (Lipinski definition) is 2. The standard InChI is InChI=1S/C36H48FN5O6/c1-9-42(33(46)48-35(5,6)7)28-18-24(37)17-26-29(28)39-31(44)36(26,8)41-16-15-25(22-13-11-10-12-14-22)27(21-41)38-30(43)23-19-40(20-23)32(45)47-34(2,3)4/h10-14,17-18,23,25,27H,9,15-16,19-21H2,1-8H3,(H,38,43)(H,39,44)/t25-,27+,36?/m1/s1. The Labute approximate surface area is 282 Å². The lowest BCUT2D eigenvalue weighted by Crippen LogP contribution is -2.62. The molecule has 3 aliphatic rings. The fourth-order valence-corrected chi connectivity index (χ4v) is 6.73. The molecule has 0 aromatic heterocycles. The van der Waals surface area contributed by atoms with Gasteiger partial charge in [-0.15, -0.1) is 0 Å². The van der Waals surface area contributed by atoms with E-state index in [4.69, 9.17) is 9.47 Å². The summed E-state index contributed by atoms with van der Waals surface area (Å²) < 4.78 is 26.4. The number of nitrogens with zero attached hydrogens (tertiary/aromatic N) is 3. The number of anilines is 2. The summed E-state index contributed by atoms with van der Waals surface area (Å²) in [4.78, 5) is 57.9. The highest BCUT2D eigenvalue weighted by molar-refractivity contribution is 6.10. The van der Waals surface area contributed by atoms with Crippen molar-refractivity contribution < 1.29 is 33.0 Å². The van der Waals surface area contributed by atoms with Crippen molar-refractivity contribution in [3.63, 3.8) is 0 Å². The normalized spacial score (nSPS) is 23.1. The summed E-state index contributed by atoms with van der Waals surface area (Å²) in [5.41, 5.74) is -0.615. The van der Waals surface area contributed by atoms with Crippen molar-refractivity contribution in [2.24, 2.45) is 5.92 Å². The Bertz CT molecular complexity index is 1560. The number of piperidine rings is 1. The van der Waals surface area contributed by atoms with Crippen LogP contribution in [0.2, 0.25) is 0 Å². The van der Waals surface area contributed by atoms with Gasteiger partial charge in [-0.3, -0.25) is 19.4 Å². The summed E-state index contributed by atoms with van der Waals surface area (Å²) in [6.45, 7) is 15.7. The summed E-state index contributed by atoms with van der Waals surface area (Å²) in [5, 5.41) is 6.19. The second kappa shape index (κ2) is 13.0. The number of carbonyl (C=O) groups excluding carboxylic acids is 4. The average Bonchev–Trinajstić information content (AvgIpc) is 3.21. The van der Waals surface area contributed by atoms with E-state index >= 15 is 4.39 Å². The zero-order valence-corrected chi connectivity index (χ0v) is 29.2. The van der Waals surface area contributed by atoms with Gasteiger partial charge in [0.15, 0.2) is 0 Å². The second-order valence-corrected chi connectivity index (χ2v) is 15.0. The average molecular weight is 666 g/mol. The van der Waals surface area contributed by atoms with Crippen molar-refractivity contribution in [2.45, 2.75) is 90.5 Å². The Morgan fingerprint density at radius 3 is 2.27 bits per heavy atom. The summed E-state index contributed by atoms with van der Waals surface area (Å²) >= 11 is 0. The van der Waals surface area contributed by atoms with E-state index < -0.39 is 34.7 Å². The van der Waals surface area contributed by atoms with Crippen molar-refractivity contribution >= 4 is 35.4 Å². The fourth-order valence-electron chi connectivity index (χ4n) is 6.73. The molecule has 260 valence electrons. The van der Waals surface area contributed by atoms with Crippen molar-refractivity contribution in [1.29, 1.82) is 0 Å². The van der Waals surface area contributed by atoms with E-state index in [9.17, 15) is 19.2 Å². The Hall–Kier alpha value is -4.19. The van der Waals surface area contributed by atoms with Crippen LogP contribution in [-0.2, 0) is 24.6 Å². The molecule has 2 saturated heterocycles. The second-order valence-electron chi connectivity index (χ2n) is 15.0. The molecule has 3 aliphatic heterocycles. The van der Waals surface area contributed by atoms with Gasteiger partial charge in [-0.25, -0.2) is 14.0 Å². The van der Waals surface area contributed by atoms with Crippen LogP contribution in [0.5, 0.6) is 0 Å². The third kappa shape index (κ3) is 7.13.